The molecular weight excluding hydrogens is 338 g/mol. The van der Waals surface area contributed by atoms with E-state index in [4.69, 9.17) is 4.74 Å². The molecule has 2 rings (SSSR count). The number of rotatable bonds is 6. The van der Waals surface area contributed by atoms with Gasteiger partial charge in [0.25, 0.3) is 11.8 Å². The Bertz CT molecular complexity index is 689. The lowest BCUT2D eigenvalue weighted by molar-refractivity contribution is -0.121. The van der Waals surface area contributed by atoms with Gasteiger partial charge in [-0.15, -0.1) is 0 Å². The predicted octanol–water partition coefficient (Wildman–Crippen LogP) is 1.31. The molecule has 0 atom stereocenters. The van der Waals surface area contributed by atoms with Crippen LogP contribution in [0.2, 0.25) is 0 Å². The SMILES string of the molecule is CC(C)(C)OC(=O)NCCNC(=O)CCN1C(=O)c2ccccc2C1=O. The molecule has 1 aromatic rings. The molecule has 0 bridgehead atoms. The van der Waals surface area contributed by atoms with Crippen molar-refractivity contribution in [2.45, 2.75) is 32.8 Å². The second-order valence-electron chi connectivity index (χ2n) is 6.84. The molecule has 0 saturated carbocycles. The zero-order chi connectivity index (χ0) is 19.3. The van der Waals surface area contributed by atoms with Gasteiger partial charge < -0.3 is 15.4 Å². The van der Waals surface area contributed by atoms with Crippen molar-refractivity contribution in [2.24, 2.45) is 0 Å². The van der Waals surface area contributed by atoms with Gasteiger partial charge in [-0.05, 0) is 32.9 Å². The zero-order valence-corrected chi connectivity index (χ0v) is 15.1. The quantitative estimate of drug-likeness (QED) is 0.587. The summed E-state index contributed by atoms with van der Waals surface area (Å²) in [5.74, 6) is -1.08. The van der Waals surface area contributed by atoms with E-state index < -0.39 is 11.7 Å². The number of hydrogen-bond acceptors (Lipinski definition) is 5. The predicted molar refractivity (Wildman–Crippen MR) is 93.7 cm³/mol. The Kier molecular flexibility index (Phi) is 5.97. The fourth-order valence-corrected chi connectivity index (χ4v) is 2.42. The van der Waals surface area contributed by atoms with Gasteiger partial charge in [0.15, 0.2) is 0 Å². The number of hydrogen-bond donors (Lipinski definition) is 2. The molecule has 1 heterocycles. The van der Waals surface area contributed by atoms with E-state index in [9.17, 15) is 19.2 Å². The fraction of sp³-hybridized carbons (Fsp3) is 0.444. The third-order valence-corrected chi connectivity index (χ3v) is 3.56. The Balaban J connectivity index is 1.69. The molecule has 1 aliphatic rings. The second kappa shape index (κ2) is 7.99. The molecule has 140 valence electrons. The Hall–Kier alpha value is -2.90. The van der Waals surface area contributed by atoms with Crippen molar-refractivity contribution in [1.29, 1.82) is 0 Å². The summed E-state index contributed by atoms with van der Waals surface area (Å²) in [6.07, 6.45) is -0.560. The van der Waals surface area contributed by atoms with Gasteiger partial charge >= 0.3 is 6.09 Å². The molecule has 26 heavy (non-hydrogen) atoms. The van der Waals surface area contributed by atoms with Crippen molar-refractivity contribution in [3.63, 3.8) is 0 Å². The molecule has 0 unspecified atom stereocenters. The smallest absolute Gasteiger partial charge is 0.407 e. The molecule has 0 saturated heterocycles. The third-order valence-electron chi connectivity index (χ3n) is 3.56. The van der Waals surface area contributed by atoms with Crippen LogP contribution in [-0.4, -0.2) is 54.0 Å². The van der Waals surface area contributed by atoms with Crippen molar-refractivity contribution in [3.05, 3.63) is 35.4 Å². The number of alkyl carbamates (subject to hydrolysis) is 1. The Labute approximate surface area is 151 Å². The highest BCUT2D eigenvalue weighted by molar-refractivity contribution is 6.21. The molecule has 4 amide bonds. The van der Waals surface area contributed by atoms with Crippen molar-refractivity contribution in [1.82, 2.24) is 15.5 Å². The van der Waals surface area contributed by atoms with Crippen LogP contribution in [0.5, 0.6) is 0 Å². The molecule has 1 aliphatic heterocycles. The van der Waals surface area contributed by atoms with Crippen LogP contribution in [0.3, 0.4) is 0 Å². The first-order valence-corrected chi connectivity index (χ1v) is 8.38. The van der Waals surface area contributed by atoms with Crippen molar-refractivity contribution in [3.8, 4) is 0 Å². The van der Waals surface area contributed by atoms with Crippen molar-refractivity contribution >= 4 is 23.8 Å². The number of fused-ring (bicyclic) bond motifs is 1. The summed E-state index contributed by atoms with van der Waals surface area (Å²) < 4.78 is 5.07. The lowest BCUT2D eigenvalue weighted by Crippen LogP contribution is -2.39. The summed E-state index contributed by atoms with van der Waals surface area (Å²) in [4.78, 5) is 48.7. The second-order valence-corrected chi connectivity index (χ2v) is 6.84. The van der Waals surface area contributed by atoms with E-state index in [0.717, 1.165) is 4.90 Å². The van der Waals surface area contributed by atoms with Gasteiger partial charge in [0.05, 0.1) is 11.1 Å². The summed E-state index contributed by atoms with van der Waals surface area (Å²) in [6, 6.07) is 6.58. The summed E-state index contributed by atoms with van der Waals surface area (Å²) in [5.41, 5.74) is 0.138. The van der Waals surface area contributed by atoms with Crippen molar-refractivity contribution in [2.75, 3.05) is 19.6 Å². The van der Waals surface area contributed by atoms with E-state index in [-0.39, 0.29) is 43.8 Å². The molecule has 0 fully saturated rings. The van der Waals surface area contributed by atoms with Gasteiger partial charge in [-0.25, -0.2) is 4.79 Å². The number of amides is 4. The summed E-state index contributed by atoms with van der Waals surface area (Å²) >= 11 is 0. The van der Waals surface area contributed by atoms with Crippen LogP contribution in [0.1, 0.15) is 47.9 Å². The molecule has 0 radical (unpaired) electrons. The molecule has 8 nitrogen and oxygen atoms in total. The fourth-order valence-electron chi connectivity index (χ4n) is 2.42. The van der Waals surface area contributed by atoms with Crippen LogP contribution < -0.4 is 10.6 Å². The standard InChI is InChI=1S/C18H23N3O5/c1-18(2,3)26-17(25)20-10-9-19-14(22)8-11-21-15(23)12-6-4-5-7-13(12)16(21)24/h4-7H,8-11H2,1-3H3,(H,19,22)(H,20,25). The number of nitrogens with zero attached hydrogens (tertiary/aromatic N) is 1. The van der Waals surface area contributed by atoms with Crippen LogP contribution in [0, 0.1) is 0 Å². The topological polar surface area (TPSA) is 105 Å². The van der Waals surface area contributed by atoms with Crippen LogP contribution >= 0.6 is 0 Å². The van der Waals surface area contributed by atoms with Gasteiger partial charge in [0, 0.05) is 26.1 Å². The maximum atomic E-state index is 12.2. The highest BCUT2D eigenvalue weighted by Gasteiger charge is 2.34. The van der Waals surface area contributed by atoms with Crippen molar-refractivity contribution < 1.29 is 23.9 Å². The average Bonchev–Trinajstić information content (AvgIpc) is 2.80. The maximum Gasteiger partial charge on any atom is 0.407 e. The molecule has 2 N–H and O–H groups in total. The van der Waals surface area contributed by atoms with Gasteiger partial charge in [-0.2, -0.15) is 0 Å². The first kappa shape index (κ1) is 19.4. The number of carbonyl (C=O) groups excluding carboxylic acids is 4. The zero-order valence-electron chi connectivity index (χ0n) is 15.1. The van der Waals surface area contributed by atoms with Crippen LogP contribution in [-0.2, 0) is 9.53 Å². The summed E-state index contributed by atoms with van der Waals surface area (Å²) in [6.45, 7) is 5.72. The molecule has 0 spiro atoms. The van der Waals surface area contributed by atoms with E-state index in [1.807, 2.05) is 0 Å². The van der Waals surface area contributed by atoms with E-state index >= 15 is 0 Å². The van der Waals surface area contributed by atoms with Crippen LogP contribution in [0.25, 0.3) is 0 Å². The van der Waals surface area contributed by atoms with E-state index in [1.165, 1.54) is 0 Å². The maximum absolute atomic E-state index is 12.2. The Morgan fingerprint density at radius 3 is 2.08 bits per heavy atom. The highest BCUT2D eigenvalue weighted by atomic mass is 16.6. The summed E-state index contributed by atoms with van der Waals surface area (Å²) in [7, 11) is 0. The van der Waals surface area contributed by atoms with Gasteiger partial charge in [0.1, 0.15) is 5.60 Å². The van der Waals surface area contributed by atoms with E-state index in [2.05, 4.69) is 10.6 Å². The molecule has 1 aromatic carbocycles. The molecular formula is C18H23N3O5. The number of benzene rings is 1. The Morgan fingerprint density at radius 1 is 1.00 bits per heavy atom. The first-order valence-electron chi connectivity index (χ1n) is 8.38. The minimum Gasteiger partial charge on any atom is -0.444 e. The normalized spacial score (nSPS) is 13.4. The third kappa shape index (κ3) is 5.05. The number of carbonyl (C=O) groups is 4. The lowest BCUT2D eigenvalue weighted by atomic mass is 10.1. The van der Waals surface area contributed by atoms with Crippen LogP contribution in [0.4, 0.5) is 4.79 Å². The Morgan fingerprint density at radius 2 is 1.54 bits per heavy atom. The highest BCUT2D eigenvalue weighted by Crippen LogP contribution is 2.22. The summed E-state index contributed by atoms with van der Waals surface area (Å²) in [5, 5.41) is 5.14. The van der Waals surface area contributed by atoms with E-state index in [1.54, 1.807) is 45.0 Å². The van der Waals surface area contributed by atoms with Gasteiger partial charge in [-0.1, -0.05) is 12.1 Å². The minimum absolute atomic E-state index is 0.00208. The lowest BCUT2D eigenvalue weighted by Gasteiger charge is -2.19. The first-order chi connectivity index (χ1) is 12.2. The average molecular weight is 361 g/mol. The van der Waals surface area contributed by atoms with Crippen LogP contribution in [0.15, 0.2) is 24.3 Å². The number of nitrogens with one attached hydrogen (secondary N) is 2. The monoisotopic (exact) mass is 361 g/mol. The molecule has 0 aliphatic carbocycles. The number of imide groups is 1. The molecule has 0 aromatic heterocycles. The molecule has 8 heteroatoms. The largest absolute Gasteiger partial charge is 0.444 e. The minimum atomic E-state index is -0.584. The van der Waals surface area contributed by atoms with Gasteiger partial charge in [-0.3, -0.25) is 19.3 Å². The number of ether oxygens (including phenoxy) is 1. The van der Waals surface area contributed by atoms with Gasteiger partial charge in [0.2, 0.25) is 5.91 Å². The van der Waals surface area contributed by atoms with E-state index in [0.29, 0.717) is 11.1 Å².